The second-order valence-electron chi connectivity index (χ2n) is 5.86. The molecule has 0 saturated carbocycles. The van der Waals surface area contributed by atoms with Crippen LogP contribution in [0.3, 0.4) is 0 Å². The lowest BCUT2D eigenvalue weighted by molar-refractivity contribution is -0.137. The number of halogens is 4. The van der Waals surface area contributed by atoms with E-state index in [9.17, 15) is 18.0 Å². The van der Waals surface area contributed by atoms with E-state index >= 15 is 0 Å². The summed E-state index contributed by atoms with van der Waals surface area (Å²) < 4.78 is 43.5. The van der Waals surface area contributed by atoms with Crippen LogP contribution in [0.1, 0.15) is 52.8 Å². The molecule has 2 rings (SSSR count). The molecule has 0 radical (unpaired) electrons. The maximum atomic E-state index is 12.8. The van der Waals surface area contributed by atoms with Gasteiger partial charge in [-0.2, -0.15) is 18.2 Å². The van der Waals surface area contributed by atoms with Crippen molar-refractivity contribution < 1.29 is 27.8 Å². The molecule has 1 heterocycles. The molecule has 1 aromatic carbocycles. The maximum Gasteiger partial charge on any atom is 0.416 e. The smallest absolute Gasteiger partial charge is 0.416 e. The maximum absolute atomic E-state index is 12.8. The Morgan fingerprint density at radius 3 is 2.42 bits per heavy atom. The van der Waals surface area contributed by atoms with Crippen molar-refractivity contribution in [2.45, 2.75) is 32.4 Å². The van der Waals surface area contributed by atoms with Gasteiger partial charge in [-0.1, -0.05) is 31.5 Å². The van der Waals surface area contributed by atoms with E-state index in [1.165, 1.54) is 13.2 Å². The van der Waals surface area contributed by atoms with E-state index in [0.29, 0.717) is 16.8 Å². The van der Waals surface area contributed by atoms with E-state index < -0.39 is 23.5 Å². The standard InChI is InChI=1S/C17H16ClF3N2O3/c1-8(2)13-11(15(26-3)23-14(22-13)16(24)25)6-9-4-5-10(7-12(9)18)17(19,20)21/h4-5,7-8H,6H2,1-3H3,(H,24,25). The average Bonchev–Trinajstić information content (AvgIpc) is 2.55. The van der Waals surface area contributed by atoms with Crippen molar-refractivity contribution in [2.24, 2.45) is 0 Å². The Labute approximate surface area is 152 Å². The fourth-order valence-corrected chi connectivity index (χ4v) is 2.69. The molecule has 1 N–H and O–H groups in total. The highest BCUT2D eigenvalue weighted by atomic mass is 35.5. The number of methoxy groups -OCH3 is 1. The number of alkyl halides is 3. The van der Waals surface area contributed by atoms with Crippen LogP contribution < -0.4 is 4.74 Å². The molecule has 9 heteroatoms. The van der Waals surface area contributed by atoms with Gasteiger partial charge in [0.05, 0.1) is 18.4 Å². The summed E-state index contributed by atoms with van der Waals surface area (Å²) in [5.41, 5.74) is 0.491. The van der Waals surface area contributed by atoms with E-state index in [0.717, 1.165) is 12.1 Å². The first-order valence-electron chi connectivity index (χ1n) is 7.58. The Kier molecular flexibility index (Phi) is 5.75. The molecule has 0 aliphatic heterocycles. The number of rotatable bonds is 5. The van der Waals surface area contributed by atoms with E-state index in [4.69, 9.17) is 21.4 Å². The van der Waals surface area contributed by atoms with Gasteiger partial charge in [-0.15, -0.1) is 0 Å². The molecule has 0 bridgehead atoms. The van der Waals surface area contributed by atoms with Crippen molar-refractivity contribution in [1.29, 1.82) is 0 Å². The number of aromatic nitrogens is 2. The molecule has 0 aliphatic rings. The quantitative estimate of drug-likeness (QED) is 0.812. The van der Waals surface area contributed by atoms with Gasteiger partial charge >= 0.3 is 12.1 Å². The molecule has 1 aromatic heterocycles. The van der Waals surface area contributed by atoms with Gasteiger partial charge in [-0.05, 0) is 23.6 Å². The number of carbonyl (C=O) groups is 1. The topological polar surface area (TPSA) is 72.3 Å². The number of carboxylic acid groups (broad SMARTS) is 1. The highest BCUT2D eigenvalue weighted by Crippen LogP contribution is 2.34. The minimum Gasteiger partial charge on any atom is -0.481 e. The number of hydrogen-bond acceptors (Lipinski definition) is 4. The first kappa shape index (κ1) is 20.0. The van der Waals surface area contributed by atoms with E-state index in [1.54, 1.807) is 0 Å². The Bertz CT molecular complexity index is 839. The molecule has 5 nitrogen and oxygen atoms in total. The lowest BCUT2D eigenvalue weighted by Crippen LogP contribution is -2.13. The van der Waals surface area contributed by atoms with Gasteiger partial charge in [0, 0.05) is 17.0 Å². The predicted octanol–water partition coefficient (Wildman–Crippen LogP) is 4.57. The minimum absolute atomic E-state index is 0.0528. The molecule has 0 spiro atoms. The zero-order valence-electron chi connectivity index (χ0n) is 14.2. The van der Waals surface area contributed by atoms with Crippen molar-refractivity contribution in [3.05, 3.63) is 51.4 Å². The lowest BCUT2D eigenvalue weighted by Gasteiger charge is -2.17. The molecule has 0 unspecified atom stereocenters. The second-order valence-corrected chi connectivity index (χ2v) is 6.27. The van der Waals surface area contributed by atoms with Crippen LogP contribution in [0.2, 0.25) is 5.02 Å². The molecule has 2 aromatic rings. The lowest BCUT2D eigenvalue weighted by atomic mass is 9.97. The van der Waals surface area contributed by atoms with Crippen LogP contribution >= 0.6 is 11.6 Å². The zero-order valence-corrected chi connectivity index (χ0v) is 14.9. The molecule has 0 aliphatic carbocycles. The largest absolute Gasteiger partial charge is 0.481 e. The summed E-state index contributed by atoms with van der Waals surface area (Å²) in [4.78, 5) is 19.1. The Hall–Kier alpha value is -2.35. The summed E-state index contributed by atoms with van der Waals surface area (Å²) in [5.74, 6) is -1.82. The third-order valence-corrected chi connectivity index (χ3v) is 4.03. The normalized spacial score (nSPS) is 11.7. The van der Waals surface area contributed by atoms with E-state index in [1.807, 2.05) is 13.8 Å². The van der Waals surface area contributed by atoms with Crippen LogP contribution in [0.5, 0.6) is 5.88 Å². The number of carboxylic acids is 1. The van der Waals surface area contributed by atoms with Crippen molar-refractivity contribution in [1.82, 2.24) is 9.97 Å². The van der Waals surface area contributed by atoms with Gasteiger partial charge in [-0.3, -0.25) is 0 Å². The Morgan fingerprint density at radius 2 is 1.96 bits per heavy atom. The van der Waals surface area contributed by atoms with Crippen molar-refractivity contribution >= 4 is 17.6 Å². The summed E-state index contributed by atoms with van der Waals surface area (Å²) in [6, 6.07) is 3.07. The monoisotopic (exact) mass is 388 g/mol. The van der Waals surface area contributed by atoms with Gasteiger partial charge in [0.1, 0.15) is 0 Å². The number of hydrogen-bond donors (Lipinski definition) is 1. The number of ether oxygens (including phenoxy) is 1. The average molecular weight is 389 g/mol. The number of aromatic carboxylic acids is 1. The highest BCUT2D eigenvalue weighted by Gasteiger charge is 2.31. The fourth-order valence-electron chi connectivity index (χ4n) is 2.45. The van der Waals surface area contributed by atoms with Crippen LogP contribution in [0, 0.1) is 0 Å². The van der Waals surface area contributed by atoms with Crippen LogP contribution in [-0.4, -0.2) is 28.2 Å². The summed E-state index contributed by atoms with van der Waals surface area (Å²) in [7, 11) is 1.33. The minimum atomic E-state index is -4.49. The second kappa shape index (κ2) is 7.49. The molecule has 0 atom stereocenters. The number of benzene rings is 1. The third kappa shape index (κ3) is 4.24. The molecule has 140 valence electrons. The van der Waals surface area contributed by atoms with Gasteiger partial charge in [-0.25, -0.2) is 9.78 Å². The summed E-state index contributed by atoms with van der Waals surface area (Å²) >= 11 is 6.02. The van der Waals surface area contributed by atoms with Crippen LogP contribution in [0.4, 0.5) is 13.2 Å². The van der Waals surface area contributed by atoms with Crippen LogP contribution in [0.15, 0.2) is 18.2 Å². The summed E-state index contributed by atoms with van der Waals surface area (Å²) in [6.07, 6.45) is -4.39. The molecule has 0 fully saturated rings. The first-order chi connectivity index (χ1) is 12.0. The van der Waals surface area contributed by atoms with Crippen molar-refractivity contribution in [2.75, 3.05) is 7.11 Å². The summed E-state index contributed by atoms with van der Waals surface area (Å²) in [6.45, 7) is 3.62. The van der Waals surface area contributed by atoms with Gasteiger partial charge in [0.25, 0.3) is 0 Å². The van der Waals surface area contributed by atoms with Gasteiger partial charge in [0.15, 0.2) is 0 Å². The molecular formula is C17H16ClF3N2O3. The SMILES string of the molecule is COc1nc(C(=O)O)nc(C(C)C)c1Cc1ccc(C(F)(F)F)cc1Cl. The van der Waals surface area contributed by atoms with E-state index in [2.05, 4.69) is 9.97 Å². The van der Waals surface area contributed by atoms with Gasteiger partial charge < -0.3 is 9.84 Å². The van der Waals surface area contributed by atoms with Crippen molar-refractivity contribution in [3.63, 3.8) is 0 Å². The molecule has 0 saturated heterocycles. The molecular weight excluding hydrogens is 373 g/mol. The van der Waals surface area contributed by atoms with Gasteiger partial charge in [0.2, 0.25) is 11.7 Å². The Morgan fingerprint density at radius 1 is 1.31 bits per heavy atom. The zero-order chi connectivity index (χ0) is 19.6. The van der Waals surface area contributed by atoms with Crippen LogP contribution in [0.25, 0.3) is 0 Å². The Balaban J connectivity index is 2.54. The summed E-state index contributed by atoms with van der Waals surface area (Å²) in [5, 5.41) is 9.08. The van der Waals surface area contributed by atoms with Crippen molar-refractivity contribution in [3.8, 4) is 5.88 Å². The molecule has 26 heavy (non-hydrogen) atoms. The predicted molar refractivity (Wildman–Crippen MR) is 88.9 cm³/mol. The number of nitrogens with zero attached hydrogens (tertiary/aromatic N) is 2. The fraction of sp³-hybridized carbons (Fsp3) is 0.353. The van der Waals surface area contributed by atoms with Crippen LogP contribution in [-0.2, 0) is 12.6 Å². The highest BCUT2D eigenvalue weighted by molar-refractivity contribution is 6.31. The first-order valence-corrected chi connectivity index (χ1v) is 7.96. The molecule has 0 amide bonds. The van der Waals surface area contributed by atoms with E-state index in [-0.39, 0.29) is 23.2 Å². The third-order valence-electron chi connectivity index (χ3n) is 3.68.